The molecule has 1 rings (SSSR count). The molecule has 1 aromatic rings. The van der Waals surface area contributed by atoms with Gasteiger partial charge in [0.15, 0.2) is 0 Å². The first-order valence-corrected chi connectivity index (χ1v) is 7.68. The lowest BCUT2D eigenvalue weighted by Crippen LogP contribution is -2.15. The molecule has 0 saturated carbocycles. The van der Waals surface area contributed by atoms with Crippen LogP contribution in [-0.2, 0) is 10.0 Å². The minimum atomic E-state index is -3.65. The van der Waals surface area contributed by atoms with Gasteiger partial charge >= 0.3 is 0 Å². The van der Waals surface area contributed by atoms with Crippen LogP contribution in [0, 0.1) is 19.8 Å². The van der Waals surface area contributed by atoms with Crippen LogP contribution < -0.4 is 10.5 Å². The van der Waals surface area contributed by atoms with Crippen LogP contribution in [0.3, 0.4) is 0 Å². The van der Waals surface area contributed by atoms with E-state index in [1.54, 1.807) is 12.1 Å². The summed E-state index contributed by atoms with van der Waals surface area (Å²) in [5, 5.41) is 8.47. The predicted octanol–water partition coefficient (Wildman–Crippen LogP) is 2.41. The van der Waals surface area contributed by atoms with Gasteiger partial charge in [0.25, 0.3) is 0 Å². The largest absolute Gasteiger partial charge is 0.385 e. The first kappa shape index (κ1) is 15.0. The van der Waals surface area contributed by atoms with Gasteiger partial charge in [-0.3, -0.25) is 0 Å². The van der Waals surface area contributed by atoms with E-state index in [-0.39, 0.29) is 4.90 Å². The molecule has 0 fully saturated rings. The molecule has 0 heterocycles. The Balaban J connectivity index is 3.07. The number of benzene rings is 1. The molecule has 0 bridgehead atoms. The number of aryl methyl sites for hydroxylation is 1. The predicted molar refractivity (Wildman–Crippen MR) is 75.2 cm³/mol. The van der Waals surface area contributed by atoms with E-state index in [0.29, 0.717) is 5.92 Å². The summed E-state index contributed by atoms with van der Waals surface area (Å²) in [7, 11) is -3.65. The third kappa shape index (κ3) is 3.71. The van der Waals surface area contributed by atoms with Crippen LogP contribution in [0.5, 0.6) is 0 Å². The summed E-state index contributed by atoms with van der Waals surface area (Å²) in [4.78, 5) is 0.164. The standard InChI is InChI=1S/C13H22N2O2S/c1-5-9(2)8-15-13-7-12(18(14,16)17)6-10(3)11(13)4/h6-7,9,15H,5,8H2,1-4H3,(H2,14,16,17). The van der Waals surface area contributed by atoms with E-state index in [9.17, 15) is 8.42 Å². The highest BCUT2D eigenvalue weighted by atomic mass is 32.2. The molecule has 0 saturated heterocycles. The van der Waals surface area contributed by atoms with Crippen molar-refractivity contribution in [3.8, 4) is 0 Å². The Bertz CT molecular complexity index is 524. The Labute approximate surface area is 110 Å². The second-order valence-corrected chi connectivity index (χ2v) is 6.41. The van der Waals surface area contributed by atoms with Crippen LogP contribution in [0.1, 0.15) is 31.4 Å². The van der Waals surface area contributed by atoms with Crippen molar-refractivity contribution < 1.29 is 8.42 Å². The molecule has 0 aromatic heterocycles. The summed E-state index contributed by atoms with van der Waals surface area (Å²) >= 11 is 0. The third-order valence-electron chi connectivity index (χ3n) is 3.31. The molecule has 0 radical (unpaired) electrons. The summed E-state index contributed by atoms with van der Waals surface area (Å²) in [6, 6.07) is 3.22. The van der Waals surface area contributed by atoms with E-state index in [1.165, 1.54) is 0 Å². The van der Waals surface area contributed by atoms with Gasteiger partial charge in [0.1, 0.15) is 0 Å². The van der Waals surface area contributed by atoms with Crippen LogP contribution in [0.25, 0.3) is 0 Å². The lowest BCUT2D eigenvalue weighted by atomic mass is 10.1. The molecule has 4 nitrogen and oxygen atoms in total. The summed E-state index contributed by atoms with van der Waals surface area (Å²) in [5.74, 6) is 0.544. The quantitative estimate of drug-likeness (QED) is 0.863. The average Bonchev–Trinajstić information content (AvgIpc) is 2.28. The van der Waals surface area contributed by atoms with Crippen molar-refractivity contribution in [2.75, 3.05) is 11.9 Å². The van der Waals surface area contributed by atoms with E-state index >= 15 is 0 Å². The first-order chi connectivity index (χ1) is 8.25. The summed E-state index contributed by atoms with van der Waals surface area (Å²) in [6.45, 7) is 8.97. The van der Waals surface area contributed by atoms with Gasteiger partial charge in [-0.25, -0.2) is 13.6 Å². The second kappa shape index (κ2) is 5.71. The van der Waals surface area contributed by atoms with Crippen LogP contribution in [0.4, 0.5) is 5.69 Å². The Morgan fingerprint density at radius 3 is 2.44 bits per heavy atom. The number of sulfonamides is 1. The molecule has 0 aliphatic carbocycles. The van der Waals surface area contributed by atoms with Crippen LogP contribution in [0.15, 0.2) is 17.0 Å². The third-order valence-corrected chi connectivity index (χ3v) is 4.20. The number of rotatable bonds is 5. The average molecular weight is 270 g/mol. The summed E-state index contributed by atoms with van der Waals surface area (Å²) in [6.07, 6.45) is 1.08. The van der Waals surface area contributed by atoms with Crippen molar-refractivity contribution in [3.63, 3.8) is 0 Å². The second-order valence-electron chi connectivity index (χ2n) is 4.85. The molecule has 1 unspecified atom stereocenters. The maximum atomic E-state index is 11.4. The van der Waals surface area contributed by atoms with E-state index in [1.807, 2.05) is 13.8 Å². The number of hydrogen-bond donors (Lipinski definition) is 2. The summed E-state index contributed by atoms with van der Waals surface area (Å²) < 4.78 is 22.8. The fourth-order valence-corrected chi connectivity index (χ4v) is 2.23. The maximum Gasteiger partial charge on any atom is 0.238 e. The van der Waals surface area contributed by atoms with Crippen LogP contribution >= 0.6 is 0 Å². The molecule has 5 heteroatoms. The molecule has 3 N–H and O–H groups in total. The SMILES string of the molecule is CCC(C)CNc1cc(S(N)(=O)=O)cc(C)c1C. The van der Waals surface area contributed by atoms with Gasteiger partial charge in [-0.15, -0.1) is 0 Å². The lowest BCUT2D eigenvalue weighted by molar-refractivity contribution is 0.592. The van der Waals surface area contributed by atoms with E-state index in [2.05, 4.69) is 19.2 Å². The highest BCUT2D eigenvalue weighted by Gasteiger charge is 2.12. The summed E-state index contributed by atoms with van der Waals surface area (Å²) in [5.41, 5.74) is 2.83. The monoisotopic (exact) mass is 270 g/mol. The van der Waals surface area contributed by atoms with E-state index < -0.39 is 10.0 Å². The number of hydrogen-bond acceptors (Lipinski definition) is 3. The maximum absolute atomic E-state index is 11.4. The zero-order chi connectivity index (χ0) is 13.9. The Kier molecular flexibility index (Phi) is 4.76. The van der Waals surface area contributed by atoms with E-state index in [0.717, 1.165) is 29.8 Å². The van der Waals surface area contributed by atoms with Crippen LogP contribution in [-0.4, -0.2) is 15.0 Å². The molecular formula is C13H22N2O2S. The molecule has 18 heavy (non-hydrogen) atoms. The molecule has 1 aromatic carbocycles. The van der Waals surface area contributed by atoms with Crippen molar-refractivity contribution in [1.82, 2.24) is 0 Å². The van der Waals surface area contributed by atoms with Crippen LogP contribution in [0.2, 0.25) is 0 Å². The van der Waals surface area contributed by atoms with Gasteiger partial charge in [0.05, 0.1) is 4.90 Å². The van der Waals surface area contributed by atoms with Gasteiger partial charge in [-0.05, 0) is 43.0 Å². The molecule has 1 atom stereocenters. The van der Waals surface area contributed by atoms with Crippen molar-refractivity contribution in [1.29, 1.82) is 0 Å². The van der Waals surface area contributed by atoms with Gasteiger partial charge in [-0.1, -0.05) is 20.3 Å². The molecule has 0 amide bonds. The fourth-order valence-electron chi connectivity index (χ4n) is 1.60. The smallest absolute Gasteiger partial charge is 0.238 e. The van der Waals surface area contributed by atoms with Crippen molar-refractivity contribution in [2.24, 2.45) is 11.1 Å². The number of primary sulfonamides is 1. The number of nitrogens with two attached hydrogens (primary N) is 1. The van der Waals surface area contributed by atoms with Crippen molar-refractivity contribution >= 4 is 15.7 Å². The zero-order valence-corrected chi connectivity index (χ0v) is 12.3. The van der Waals surface area contributed by atoms with E-state index in [4.69, 9.17) is 5.14 Å². The number of anilines is 1. The topological polar surface area (TPSA) is 72.2 Å². The molecule has 0 spiro atoms. The normalized spacial score (nSPS) is 13.4. The molecule has 0 aliphatic rings. The highest BCUT2D eigenvalue weighted by Crippen LogP contribution is 2.23. The first-order valence-electron chi connectivity index (χ1n) is 6.13. The van der Waals surface area contributed by atoms with Crippen molar-refractivity contribution in [3.05, 3.63) is 23.3 Å². The lowest BCUT2D eigenvalue weighted by Gasteiger charge is -2.16. The minimum absolute atomic E-state index is 0.164. The molecular weight excluding hydrogens is 248 g/mol. The minimum Gasteiger partial charge on any atom is -0.385 e. The zero-order valence-electron chi connectivity index (χ0n) is 11.4. The Morgan fingerprint density at radius 2 is 1.94 bits per heavy atom. The highest BCUT2D eigenvalue weighted by molar-refractivity contribution is 7.89. The van der Waals surface area contributed by atoms with Crippen molar-refractivity contribution in [2.45, 2.75) is 39.0 Å². The Morgan fingerprint density at radius 1 is 1.33 bits per heavy atom. The molecule has 102 valence electrons. The van der Waals surface area contributed by atoms with Gasteiger partial charge in [0, 0.05) is 12.2 Å². The van der Waals surface area contributed by atoms with Gasteiger partial charge in [0.2, 0.25) is 10.0 Å². The number of nitrogens with one attached hydrogen (secondary N) is 1. The fraction of sp³-hybridized carbons (Fsp3) is 0.538. The van der Waals surface area contributed by atoms with Gasteiger partial charge in [-0.2, -0.15) is 0 Å². The van der Waals surface area contributed by atoms with Gasteiger partial charge < -0.3 is 5.32 Å². The Hall–Kier alpha value is -1.07. The molecule has 0 aliphatic heterocycles.